The zero-order chi connectivity index (χ0) is 19.7. The van der Waals surface area contributed by atoms with Gasteiger partial charge in [0.2, 0.25) is 5.91 Å². The van der Waals surface area contributed by atoms with Crippen molar-refractivity contribution in [3.05, 3.63) is 45.9 Å². The molecule has 28 heavy (non-hydrogen) atoms. The molecule has 3 aromatic heterocycles. The number of amides is 2. The smallest absolute Gasteiger partial charge is 0.263 e. The van der Waals surface area contributed by atoms with E-state index < -0.39 is 0 Å². The molecule has 1 atom stereocenters. The summed E-state index contributed by atoms with van der Waals surface area (Å²) in [6.07, 6.45) is 2.65. The summed E-state index contributed by atoms with van der Waals surface area (Å²) in [5.74, 6) is 0.241. The van der Waals surface area contributed by atoms with Crippen molar-refractivity contribution in [1.29, 1.82) is 0 Å². The lowest BCUT2D eigenvalue weighted by Gasteiger charge is -2.15. The van der Waals surface area contributed by atoms with E-state index in [0.29, 0.717) is 19.6 Å². The second-order valence-electron chi connectivity index (χ2n) is 7.11. The minimum Gasteiger partial charge on any atom is -0.354 e. The molecule has 8 heteroatoms. The number of nitrogens with one attached hydrogen (secondary N) is 1. The number of likely N-dealkylation sites (tertiary alicyclic amines) is 1. The SMILES string of the molecule is CC(=O)NCCn1nc([C@@H]2CCN(C(=O)c3ccc(C)s3)C2)c2cccnc21. The van der Waals surface area contributed by atoms with Crippen molar-refractivity contribution in [3.63, 3.8) is 0 Å². The highest BCUT2D eigenvalue weighted by Gasteiger charge is 2.31. The maximum Gasteiger partial charge on any atom is 0.263 e. The molecule has 1 N–H and O–H groups in total. The maximum atomic E-state index is 12.8. The number of thiophene rings is 1. The molecule has 3 aromatic rings. The molecule has 0 radical (unpaired) electrons. The van der Waals surface area contributed by atoms with E-state index in [4.69, 9.17) is 5.10 Å². The third-order valence-corrected chi connectivity index (χ3v) is 6.04. The lowest BCUT2D eigenvalue weighted by molar-refractivity contribution is -0.118. The zero-order valence-electron chi connectivity index (χ0n) is 16.0. The number of aromatic nitrogens is 3. The number of hydrogen-bond acceptors (Lipinski definition) is 5. The van der Waals surface area contributed by atoms with Gasteiger partial charge < -0.3 is 10.2 Å². The van der Waals surface area contributed by atoms with Crippen LogP contribution in [0.3, 0.4) is 0 Å². The van der Waals surface area contributed by atoms with Crippen molar-refractivity contribution >= 4 is 34.2 Å². The van der Waals surface area contributed by atoms with E-state index >= 15 is 0 Å². The van der Waals surface area contributed by atoms with Gasteiger partial charge in [-0.15, -0.1) is 11.3 Å². The zero-order valence-corrected chi connectivity index (χ0v) is 16.8. The third kappa shape index (κ3) is 3.64. The summed E-state index contributed by atoms with van der Waals surface area (Å²) in [6, 6.07) is 7.84. The Kier molecular flexibility index (Phi) is 5.13. The number of carbonyl (C=O) groups excluding carboxylic acids is 2. The topological polar surface area (TPSA) is 80.1 Å². The van der Waals surface area contributed by atoms with Crippen LogP contribution in [0.5, 0.6) is 0 Å². The fourth-order valence-electron chi connectivity index (χ4n) is 3.70. The summed E-state index contributed by atoms with van der Waals surface area (Å²) in [5, 5.41) is 8.63. The minimum absolute atomic E-state index is 0.0570. The number of aryl methyl sites for hydroxylation is 1. The van der Waals surface area contributed by atoms with Crippen LogP contribution in [0.1, 0.15) is 39.5 Å². The Morgan fingerprint density at radius 1 is 1.32 bits per heavy atom. The first kappa shape index (κ1) is 18.6. The number of nitrogens with zero attached hydrogens (tertiary/aromatic N) is 4. The molecule has 4 heterocycles. The summed E-state index contributed by atoms with van der Waals surface area (Å²) in [5.41, 5.74) is 1.81. The van der Waals surface area contributed by atoms with Crippen LogP contribution in [0, 0.1) is 6.92 Å². The summed E-state index contributed by atoms with van der Waals surface area (Å²) in [7, 11) is 0. The summed E-state index contributed by atoms with van der Waals surface area (Å²) in [4.78, 5) is 32.3. The molecule has 0 aliphatic carbocycles. The average molecular weight is 398 g/mol. The van der Waals surface area contributed by atoms with Gasteiger partial charge in [0.05, 0.1) is 17.1 Å². The molecule has 1 fully saturated rings. The van der Waals surface area contributed by atoms with Crippen LogP contribution in [0.15, 0.2) is 30.5 Å². The van der Waals surface area contributed by atoms with Crippen LogP contribution in [-0.4, -0.2) is 51.1 Å². The Morgan fingerprint density at radius 3 is 2.93 bits per heavy atom. The van der Waals surface area contributed by atoms with E-state index in [2.05, 4.69) is 10.3 Å². The van der Waals surface area contributed by atoms with E-state index in [0.717, 1.165) is 39.4 Å². The molecule has 2 amide bonds. The second-order valence-corrected chi connectivity index (χ2v) is 8.40. The van der Waals surface area contributed by atoms with Gasteiger partial charge in [-0.05, 0) is 37.6 Å². The Bertz CT molecular complexity index is 1020. The average Bonchev–Trinajstić information content (AvgIpc) is 3.39. The van der Waals surface area contributed by atoms with Crippen LogP contribution in [0.4, 0.5) is 0 Å². The fourth-order valence-corrected chi connectivity index (χ4v) is 4.54. The van der Waals surface area contributed by atoms with Crippen molar-refractivity contribution in [3.8, 4) is 0 Å². The second kappa shape index (κ2) is 7.71. The summed E-state index contributed by atoms with van der Waals surface area (Å²) < 4.78 is 1.85. The first-order valence-electron chi connectivity index (χ1n) is 9.44. The van der Waals surface area contributed by atoms with Gasteiger partial charge in [-0.3, -0.25) is 9.59 Å². The fraction of sp³-hybridized carbons (Fsp3) is 0.400. The van der Waals surface area contributed by atoms with E-state index in [9.17, 15) is 9.59 Å². The van der Waals surface area contributed by atoms with Crippen molar-refractivity contribution in [2.24, 2.45) is 0 Å². The maximum absolute atomic E-state index is 12.8. The highest BCUT2D eigenvalue weighted by atomic mass is 32.1. The number of hydrogen-bond donors (Lipinski definition) is 1. The lowest BCUT2D eigenvalue weighted by atomic mass is 10.0. The molecule has 1 saturated heterocycles. The first-order chi connectivity index (χ1) is 13.5. The van der Waals surface area contributed by atoms with Gasteiger partial charge in [0, 0.05) is 48.9 Å². The third-order valence-electron chi connectivity index (χ3n) is 5.05. The Balaban J connectivity index is 1.54. The molecule has 1 aliphatic heterocycles. The predicted molar refractivity (Wildman–Crippen MR) is 109 cm³/mol. The van der Waals surface area contributed by atoms with Crippen molar-refractivity contribution in [2.45, 2.75) is 32.7 Å². The van der Waals surface area contributed by atoms with Crippen LogP contribution in [0.2, 0.25) is 0 Å². The molecule has 0 saturated carbocycles. The minimum atomic E-state index is -0.0570. The van der Waals surface area contributed by atoms with Gasteiger partial charge in [-0.25, -0.2) is 9.67 Å². The van der Waals surface area contributed by atoms with E-state index in [1.807, 2.05) is 40.8 Å². The van der Waals surface area contributed by atoms with Crippen molar-refractivity contribution in [1.82, 2.24) is 25.0 Å². The number of carbonyl (C=O) groups is 2. The first-order valence-corrected chi connectivity index (χ1v) is 10.3. The van der Waals surface area contributed by atoms with Crippen LogP contribution in [0.25, 0.3) is 11.0 Å². The van der Waals surface area contributed by atoms with E-state index in [-0.39, 0.29) is 17.7 Å². The van der Waals surface area contributed by atoms with Gasteiger partial charge in [0.25, 0.3) is 5.91 Å². The van der Waals surface area contributed by atoms with Crippen molar-refractivity contribution < 1.29 is 9.59 Å². The molecule has 0 spiro atoms. The molecular weight excluding hydrogens is 374 g/mol. The van der Waals surface area contributed by atoms with Gasteiger partial charge in [0.15, 0.2) is 5.65 Å². The largest absolute Gasteiger partial charge is 0.354 e. The lowest BCUT2D eigenvalue weighted by Crippen LogP contribution is -2.27. The van der Waals surface area contributed by atoms with Crippen molar-refractivity contribution in [2.75, 3.05) is 19.6 Å². The number of fused-ring (bicyclic) bond motifs is 1. The quantitative estimate of drug-likeness (QED) is 0.718. The van der Waals surface area contributed by atoms with Gasteiger partial charge in [-0.2, -0.15) is 5.10 Å². The monoisotopic (exact) mass is 397 g/mol. The van der Waals surface area contributed by atoms with Gasteiger partial charge in [0.1, 0.15) is 0 Å². The highest BCUT2D eigenvalue weighted by molar-refractivity contribution is 7.13. The van der Waals surface area contributed by atoms with Gasteiger partial charge >= 0.3 is 0 Å². The predicted octanol–water partition coefficient (Wildman–Crippen LogP) is 2.57. The Labute approximate surface area is 167 Å². The van der Waals surface area contributed by atoms with Crippen LogP contribution in [-0.2, 0) is 11.3 Å². The van der Waals surface area contributed by atoms with Gasteiger partial charge in [-0.1, -0.05) is 0 Å². The molecular formula is C20H23N5O2S. The number of rotatable bonds is 5. The Morgan fingerprint density at radius 2 is 2.18 bits per heavy atom. The standard InChI is InChI=1S/C20H23N5O2S/c1-13-5-6-17(28-13)20(27)24-10-7-15(12-24)18-16-4-3-8-22-19(16)25(23-18)11-9-21-14(2)26/h3-6,8,15H,7,9-12H2,1-2H3,(H,21,26)/t15-/m1/s1. The molecule has 4 rings (SSSR count). The molecule has 7 nitrogen and oxygen atoms in total. The summed E-state index contributed by atoms with van der Waals surface area (Å²) >= 11 is 1.54. The molecule has 0 aromatic carbocycles. The molecule has 0 bridgehead atoms. The Hall–Kier alpha value is -2.74. The highest BCUT2D eigenvalue weighted by Crippen LogP contribution is 2.32. The van der Waals surface area contributed by atoms with E-state index in [1.54, 1.807) is 17.5 Å². The summed E-state index contributed by atoms with van der Waals surface area (Å²) in [6.45, 7) is 6.00. The number of pyridine rings is 1. The normalized spacial score (nSPS) is 16.6. The molecule has 146 valence electrons. The van der Waals surface area contributed by atoms with Crippen LogP contribution < -0.4 is 5.32 Å². The van der Waals surface area contributed by atoms with E-state index in [1.165, 1.54) is 6.92 Å². The molecule has 0 unspecified atom stereocenters. The molecule has 1 aliphatic rings. The van der Waals surface area contributed by atoms with Crippen LogP contribution >= 0.6 is 11.3 Å².